The summed E-state index contributed by atoms with van der Waals surface area (Å²) in [5.74, 6) is -1.32. The van der Waals surface area contributed by atoms with Crippen molar-refractivity contribution in [1.82, 2.24) is 5.32 Å². The molecule has 25 heavy (non-hydrogen) atoms. The Balaban J connectivity index is 1.92. The Hall–Kier alpha value is -3.15. The Labute approximate surface area is 146 Å². The lowest BCUT2D eigenvalue weighted by atomic mass is 10.1. The minimum absolute atomic E-state index is 0.225. The molecule has 2 aromatic rings. The Bertz CT molecular complexity index is 744. The van der Waals surface area contributed by atoms with Crippen LogP contribution >= 0.6 is 0 Å². The highest BCUT2D eigenvalue weighted by atomic mass is 16.5. The van der Waals surface area contributed by atoms with Gasteiger partial charge in [-0.05, 0) is 30.7 Å². The van der Waals surface area contributed by atoms with Crippen molar-refractivity contribution in [2.45, 2.75) is 19.9 Å². The second-order valence-electron chi connectivity index (χ2n) is 5.28. The molecule has 0 aliphatic rings. The monoisotopic (exact) mass is 340 g/mol. The average Bonchev–Trinajstić information content (AvgIpc) is 2.60. The highest BCUT2D eigenvalue weighted by Crippen LogP contribution is 2.11. The van der Waals surface area contributed by atoms with Crippen LogP contribution in [0.1, 0.15) is 29.3 Å². The van der Waals surface area contributed by atoms with Crippen LogP contribution in [0.15, 0.2) is 54.6 Å². The van der Waals surface area contributed by atoms with E-state index < -0.39 is 11.9 Å². The summed E-state index contributed by atoms with van der Waals surface area (Å²) in [6.45, 7) is 2.32. The lowest BCUT2D eigenvalue weighted by molar-refractivity contribution is -0.145. The normalized spacial score (nSPS) is 9.96. The molecule has 6 heteroatoms. The van der Waals surface area contributed by atoms with Gasteiger partial charge >= 0.3 is 5.97 Å². The van der Waals surface area contributed by atoms with Crippen LogP contribution in [0.25, 0.3) is 0 Å². The Morgan fingerprint density at radius 2 is 1.76 bits per heavy atom. The molecule has 0 aliphatic heterocycles. The van der Waals surface area contributed by atoms with Crippen molar-refractivity contribution in [3.63, 3.8) is 0 Å². The number of rotatable bonds is 7. The van der Waals surface area contributed by atoms with Gasteiger partial charge in [0.15, 0.2) is 0 Å². The molecule has 0 saturated carbocycles. The average molecular weight is 340 g/mol. The molecular formula is C19H20N2O4. The van der Waals surface area contributed by atoms with Gasteiger partial charge in [0, 0.05) is 17.8 Å². The molecular weight excluding hydrogens is 320 g/mol. The van der Waals surface area contributed by atoms with Crippen molar-refractivity contribution in [3.05, 3.63) is 65.7 Å². The van der Waals surface area contributed by atoms with E-state index in [1.165, 1.54) is 0 Å². The van der Waals surface area contributed by atoms with Crippen LogP contribution in [0.3, 0.4) is 0 Å². The highest BCUT2D eigenvalue weighted by molar-refractivity contribution is 6.02. The van der Waals surface area contributed by atoms with Gasteiger partial charge in [0.1, 0.15) is 6.42 Å². The summed E-state index contributed by atoms with van der Waals surface area (Å²) >= 11 is 0. The van der Waals surface area contributed by atoms with Crippen LogP contribution in [0.5, 0.6) is 0 Å². The third-order valence-electron chi connectivity index (χ3n) is 3.31. The van der Waals surface area contributed by atoms with Crippen molar-refractivity contribution in [2.75, 3.05) is 11.9 Å². The molecule has 130 valence electrons. The van der Waals surface area contributed by atoms with Crippen LogP contribution < -0.4 is 10.6 Å². The minimum Gasteiger partial charge on any atom is -0.466 e. The van der Waals surface area contributed by atoms with Gasteiger partial charge in [-0.15, -0.1) is 0 Å². The van der Waals surface area contributed by atoms with E-state index in [1.54, 1.807) is 31.2 Å². The highest BCUT2D eigenvalue weighted by Gasteiger charge is 2.12. The SMILES string of the molecule is CCOC(=O)CC(=O)Nc1cccc(C(=O)NCc2ccccc2)c1. The van der Waals surface area contributed by atoms with Crippen molar-refractivity contribution in [3.8, 4) is 0 Å². The summed E-state index contributed by atoms with van der Waals surface area (Å²) in [5, 5.41) is 5.40. The standard InChI is InChI=1S/C19H20N2O4/c1-2-25-18(23)12-17(22)21-16-10-6-9-15(11-16)19(24)20-13-14-7-4-3-5-8-14/h3-11H,2,12-13H2,1H3,(H,20,24)(H,21,22). The number of carbonyl (C=O) groups is 3. The van der Waals surface area contributed by atoms with Gasteiger partial charge in [-0.25, -0.2) is 0 Å². The summed E-state index contributed by atoms with van der Waals surface area (Å²) in [4.78, 5) is 35.3. The molecule has 0 aliphatic carbocycles. The zero-order valence-corrected chi connectivity index (χ0v) is 14.0. The molecule has 2 rings (SSSR count). The zero-order chi connectivity index (χ0) is 18.1. The zero-order valence-electron chi connectivity index (χ0n) is 14.0. The smallest absolute Gasteiger partial charge is 0.315 e. The van der Waals surface area contributed by atoms with Gasteiger partial charge in [-0.3, -0.25) is 14.4 Å². The minimum atomic E-state index is -0.586. The molecule has 0 unspecified atom stereocenters. The van der Waals surface area contributed by atoms with E-state index in [0.717, 1.165) is 5.56 Å². The first-order valence-electron chi connectivity index (χ1n) is 7.96. The number of carbonyl (C=O) groups excluding carboxylic acids is 3. The van der Waals surface area contributed by atoms with Crippen LogP contribution in [-0.2, 0) is 20.9 Å². The molecule has 2 N–H and O–H groups in total. The van der Waals surface area contributed by atoms with E-state index in [2.05, 4.69) is 10.6 Å². The fourth-order valence-corrected chi connectivity index (χ4v) is 2.17. The maximum absolute atomic E-state index is 12.2. The Morgan fingerprint density at radius 3 is 2.48 bits per heavy atom. The van der Waals surface area contributed by atoms with Crippen molar-refractivity contribution >= 4 is 23.5 Å². The predicted molar refractivity (Wildman–Crippen MR) is 93.9 cm³/mol. The molecule has 0 radical (unpaired) electrons. The van der Waals surface area contributed by atoms with E-state index in [-0.39, 0.29) is 18.9 Å². The predicted octanol–water partition coefficient (Wildman–Crippen LogP) is 2.51. The second kappa shape index (κ2) is 9.22. The first kappa shape index (κ1) is 18.2. The molecule has 0 spiro atoms. The molecule has 0 heterocycles. The number of hydrogen-bond donors (Lipinski definition) is 2. The van der Waals surface area contributed by atoms with Crippen LogP contribution in [-0.4, -0.2) is 24.4 Å². The summed E-state index contributed by atoms with van der Waals surface area (Å²) < 4.78 is 4.72. The molecule has 0 atom stereocenters. The Kier molecular flexibility index (Phi) is 6.71. The number of nitrogens with one attached hydrogen (secondary N) is 2. The van der Waals surface area contributed by atoms with Gasteiger partial charge in [-0.1, -0.05) is 36.4 Å². The van der Waals surface area contributed by atoms with Crippen molar-refractivity contribution in [2.24, 2.45) is 0 Å². The van der Waals surface area contributed by atoms with Gasteiger partial charge in [0.05, 0.1) is 6.61 Å². The fourth-order valence-electron chi connectivity index (χ4n) is 2.17. The number of esters is 1. The topological polar surface area (TPSA) is 84.5 Å². The summed E-state index contributed by atoms with van der Waals surface area (Å²) in [6.07, 6.45) is -0.363. The van der Waals surface area contributed by atoms with Crippen LogP contribution in [0.4, 0.5) is 5.69 Å². The van der Waals surface area contributed by atoms with Gasteiger partial charge in [-0.2, -0.15) is 0 Å². The second-order valence-corrected chi connectivity index (χ2v) is 5.28. The largest absolute Gasteiger partial charge is 0.466 e. The van der Waals surface area contributed by atoms with Crippen molar-refractivity contribution < 1.29 is 19.1 Å². The van der Waals surface area contributed by atoms with E-state index in [1.807, 2.05) is 30.3 Å². The summed E-state index contributed by atoms with van der Waals surface area (Å²) in [7, 11) is 0. The summed E-state index contributed by atoms with van der Waals surface area (Å²) in [6, 6.07) is 16.1. The molecule has 2 amide bonds. The molecule has 2 aromatic carbocycles. The van der Waals surface area contributed by atoms with E-state index >= 15 is 0 Å². The number of ether oxygens (including phenoxy) is 1. The van der Waals surface area contributed by atoms with E-state index in [4.69, 9.17) is 4.74 Å². The number of anilines is 1. The van der Waals surface area contributed by atoms with Gasteiger partial charge in [0.25, 0.3) is 5.91 Å². The van der Waals surface area contributed by atoms with E-state index in [9.17, 15) is 14.4 Å². The van der Waals surface area contributed by atoms with E-state index in [0.29, 0.717) is 17.8 Å². The van der Waals surface area contributed by atoms with Gasteiger partial charge < -0.3 is 15.4 Å². The summed E-state index contributed by atoms with van der Waals surface area (Å²) in [5.41, 5.74) is 1.86. The lowest BCUT2D eigenvalue weighted by Gasteiger charge is -2.08. The number of benzene rings is 2. The third-order valence-corrected chi connectivity index (χ3v) is 3.31. The maximum Gasteiger partial charge on any atom is 0.315 e. The maximum atomic E-state index is 12.2. The third kappa shape index (κ3) is 6.10. The molecule has 0 bridgehead atoms. The molecule has 0 saturated heterocycles. The molecule has 0 fully saturated rings. The fraction of sp³-hybridized carbons (Fsp3) is 0.211. The first-order valence-corrected chi connectivity index (χ1v) is 7.96. The van der Waals surface area contributed by atoms with Crippen LogP contribution in [0, 0.1) is 0 Å². The molecule has 0 aromatic heterocycles. The van der Waals surface area contributed by atoms with Gasteiger partial charge in [0.2, 0.25) is 5.91 Å². The van der Waals surface area contributed by atoms with Crippen molar-refractivity contribution in [1.29, 1.82) is 0 Å². The quantitative estimate of drug-likeness (QED) is 0.599. The number of amides is 2. The number of hydrogen-bond acceptors (Lipinski definition) is 4. The first-order chi connectivity index (χ1) is 12.1. The Morgan fingerprint density at radius 1 is 1.00 bits per heavy atom. The lowest BCUT2D eigenvalue weighted by Crippen LogP contribution is -2.23. The molecule has 6 nitrogen and oxygen atoms in total. The van der Waals surface area contributed by atoms with Crippen LogP contribution in [0.2, 0.25) is 0 Å².